The molecule has 33 heavy (non-hydrogen) atoms. The topological polar surface area (TPSA) is 72.7 Å². The van der Waals surface area contributed by atoms with Gasteiger partial charge in [-0.2, -0.15) is 0 Å². The Morgan fingerprint density at radius 1 is 0.848 bits per heavy atom. The van der Waals surface area contributed by atoms with Crippen molar-refractivity contribution in [3.63, 3.8) is 0 Å². The third-order valence-corrected chi connectivity index (χ3v) is 6.06. The summed E-state index contributed by atoms with van der Waals surface area (Å²) in [7, 11) is 3.33. The van der Waals surface area contributed by atoms with Crippen LogP contribution in [0.1, 0.15) is 13.8 Å². The first-order valence-corrected chi connectivity index (χ1v) is 11.1. The third kappa shape index (κ3) is 4.00. The van der Waals surface area contributed by atoms with E-state index >= 15 is 0 Å². The molecule has 1 fully saturated rings. The van der Waals surface area contributed by atoms with Crippen LogP contribution in [0.25, 0.3) is 33.6 Å². The molecule has 0 unspecified atom stereocenters. The molecule has 0 bridgehead atoms. The zero-order chi connectivity index (χ0) is 22.9. The summed E-state index contributed by atoms with van der Waals surface area (Å²) in [6.07, 6.45) is 1.59. The van der Waals surface area contributed by atoms with Gasteiger partial charge in [0.2, 0.25) is 5.71 Å². The van der Waals surface area contributed by atoms with Gasteiger partial charge >= 0.3 is 0 Å². The third-order valence-electron chi connectivity index (χ3n) is 6.06. The summed E-state index contributed by atoms with van der Waals surface area (Å²) in [5.74, 6) is 3.26. The van der Waals surface area contributed by atoms with E-state index in [1.54, 1.807) is 20.5 Å². The van der Waals surface area contributed by atoms with Crippen LogP contribution < -0.4 is 19.7 Å². The molecule has 0 radical (unpaired) electrons. The summed E-state index contributed by atoms with van der Waals surface area (Å²) >= 11 is 0. The first-order valence-electron chi connectivity index (χ1n) is 11.1. The Morgan fingerprint density at radius 3 is 2.00 bits per heavy atom. The van der Waals surface area contributed by atoms with Gasteiger partial charge in [0.05, 0.1) is 19.6 Å². The Morgan fingerprint density at radius 2 is 1.42 bits per heavy atom. The summed E-state index contributed by atoms with van der Waals surface area (Å²) in [5, 5.41) is 4.52. The van der Waals surface area contributed by atoms with Crippen molar-refractivity contribution >= 4 is 16.9 Å². The Balaban J connectivity index is 1.74. The van der Waals surface area contributed by atoms with Crippen molar-refractivity contribution in [2.45, 2.75) is 25.9 Å². The Kier molecular flexibility index (Phi) is 5.64. The zero-order valence-electron chi connectivity index (χ0n) is 19.3. The monoisotopic (exact) mass is 444 g/mol. The van der Waals surface area contributed by atoms with Gasteiger partial charge in [-0.3, -0.25) is 0 Å². The van der Waals surface area contributed by atoms with E-state index in [1.807, 2.05) is 36.4 Å². The first-order chi connectivity index (χ1) is 16.1. The number of aromatic nitrogens is 2. The van der Waals surface area contributed by atoms with E-state index in [0.717, 1.165) is 58.2 Å². The number of hydrogen-bond donors (Lipinski definition) is 1. The molecule has 2 atom stereocenters. The average Bonchev–Trinajstić information content (AvgIpc) is 3.23. The van der Waals surface area contributed by atoms with Gasteiger partial charge in [-0.1, -0.05) is 12.1 Å². The standard InChI is InChI=1S/C26H28N4O3/c1-16-13-30(14-17(2)29-16)25-23-22(18-5-9-20(31-3)10-6-18)24(33-26(23)28-15-27-25)19-7-11-21(32-4)12-8-19/h5-12,15-17,29H,13-14H2,1-4H3/t16-,17+. The van der Waals surface area contributed by atoms with Gasteiger partial charge in [0, 0.05) is 36.3 Å². The van der Waals surface area contributed by atoms with Crippen LogP contribution in [0.5, 0.6) is 11.5 Å². The van der Waals surface area contributed by atoms with Crippen LogP contribution >= 0.6 is 0 Å². The highest BCUT2D eigenvalue weighted by Gasteiger charge is 2.28. The van der Waals surface area contributed by atoms with Crippen LogP contribution in [-0.2, 0) is 0 Å². The molecule has 4 aromatic rings. The van der Waals surface area contributed by atoms with E-state index in [4.69, 9.17) is 18.9 Å². The number of piperazine rings is 1. The highest BCUT2D eigenvalue weighted by atomic mass is 16.5. The predicted octanol–water partition coefficient (Wildman–Crippen LogP) is 4.76. The van der Waals surface area contributed by atoms with E-state index in [-0.39, 0.29) is 0 Å². The summed E-state index contributed by atoms with van der Waals surface area (Å²) in [5.41, 5.74) is 3.53. The minimum Gasteiger partial charge on any atom is -0.497 e. The van der Waals surface area contributed by atoms with E-state index < -0.39 is 0 Å². The Hall–Kier alpha value is -3.58. The van der Waals surface area contributed by atoms with Crippen LogP contribution in [0.15, 0.2) is 59.3 Å². The highest BCUT2D eigenvalue weighted by Crippen LogP contribution is 2.44. The molecule has 170 valence electrons. The number of ether oxygens (including phenoxy) is 2. The lowest BCUT2D eigenvalue weighted by Crippen LogP contribution is -2.54. The zero-order valence-corrected chi connectivity index (χ0v) is 19.3. The highest BCUT2D eigenvalue weighted by molar-refractivity contribution is 6.06. The fourth-order valence-electron chi connectivity index (χ4n) is 4.64. The number of rotatable bonds is 5. The summed E-state index contributed by atoms with van der Waals surface area (Å²) in [6.45, 7) is 6.12. The second-order valence-corrected chi connectivity index (χ2v) is 8.51. The van der Waals surface area contributed by atoms with Crippen molar-refractivity contribution < 1.29 is 13.9 Å². The van der Waals surface area contributed by atoms with E-state index in [2.05, 4.69) is 41.2 Å². The van der Waals surface area contributed by atoms with Crippen LogP contribution in [0.3, 0.4) is 0 Å². The van der Waals surface area contributed by atoms with Crippen molar-refractivity contribution in [1.29, 1.82) is 0 Å². The molecule has 7 heteroatoms. The fraction of sp³-hybridized carbons (Fsp3) is 0.308. The normalized spacial score (nSPS) is 18.5. The quantitative estimate of drug-likeness (QED) is 0.476. The summed E-state index contributed by atoms with van der Waals surface area (Å²) < 4.78 is 17.1. The van der Waals surface area contributed by atoms with Gasteiger partial charge in [0.15, 0.2) is 0 Å². The number of hydrogen-bond acceptors (Lipinski definition) is 7. The average molecular weight is 445 g/mol. The molecule has 0 saturated carbocycles. The van der Waals surface area contributed by atoms with Gasteiger partial charge in [0.25, 0.3) is 0 Å². The van der Waals surface area contributed by atoms with Gasteiger partial charge in [-0.25, -0.2) is 9.97 Å². The molecule has 1 saturated heterocycles. The molecule has 1 aliphatic rings. The number of methoxy groups -OCH3 is 2. The summed E-state index contributed by atoms with van der Waals surface area (Å²) in [4.78, 5) is 11.6. The van der Waals surface area contributed by atoms with Gasteiger partial charge in [0.1, 0.15) is 29.4 Å². The molecule has 2 aromatic carbocycles. The Bertz CT molecular complexity index is 1240. The molecular formula is C26H28N4O3. The van der Waals surface area contributed by atoms with Crippen molar-refractivity contribution in [1.82, 2.24) is 15.3 Å². The van der Waals surface area contributed by atoms with Gasteiger partial charge in [-0.05, 0) is 55.8 Å². The second kappa shape index (κ2) is 8.75. The van der Waals surface area contributed by atoms with Gasteiger partial charge < -0.3 is 24.1 Å². The second-order valence-electron chi connectivity index (χ2n) is 8.51. The molecule has 0 aliphatic carbocycles. The molecule has 7 nitrogen and oxygen atoms in total. The van der Waals surface area contributed by atoms with Gasteiger partial charge in [-0.15, -0.1) is 0 Å². The van der Waals surface area contributed by atoms with Crippen molar-refractivity contribution in [3.8, 4) is 33.9 Å². The smallest absolute Gasteiger partial charge is 0.232 e. The molecule has 0 amide bonds. The molecule has 5 rings (SSSR count). The lowest BCUT2D eigenvalue weighted by Gasteiger charge is -2.37. The van der Waals surface area contributed by atoms with E-state index in [1.165, 1.54) is 0 Å². The van der Waals surface area contributed by atoms with Crippen LogP contribution in [-0.4, -0.2) is 49.4 Å². The van der Waals surface area contributed by atoms with Crippen molar-refractivity contribution in [2.24, 2.45) is 0 Å². The predicted molar refractivity (Wildman–Crippen MR) is 130 cm³/mol. The van der Waals surface area contributed by atoms with E-state index in [0.29, 0.717) is 17.8 Å². The minimum absolute atomic E-state index is 0.358. The lowest BCUT2D eigenvalue weighted by molar-refractivity contribution is 0.405. The molecular weight excluding hydrogens is 416 g/mol. The molecule has 1 N–H and O–H groups in total. The fourth-order valence-corrected chi connectivity index (χ4v) is 4.64. The first kappa shape index (κ1) is 21.3. The molecule has 0 spiro atoms. The van der Waals surface area contributed by atoms with Crippen molar-refractivity contribution in [3.05, 3.63) is 54.9 Å². The number of nitrogens with one attached hydrogen (secondary N) is 1. The maximum absolute atomic E-state index is 6.39. The van der Waals surface area contributed by atoms with Crippen LogP contribution in [0, 0.1) is 0 Å². The van der Waals surface area contributed by atoms with Crippen molar-refractivity contribution in [2.75, 3.05) is 32.2 Å². The number of nitrogens with zero attached hydrogens (tertiary/aromatic N) is 3. The molecule has 3 heterocycles. The maximum atomic E-state index is 6.39. The SMILES string of the molecule is COc1ccc(-c2oc3ncnc(N4C[C@@H](C)N[C@@H](C)C4)c3c2-c2ccc(OC)cc2)cc1. The van der Waals surface area contributed by atoms with Crippen LogP contribution in [0.4, 0.5) is 5.82 Å². The summed E-state index contributed by atoms with van der Waals surface area (Å²) in [6, 6.07) is 16.6. The lowest BCUT2D eigenvalue weighted by atomic mass is 9.98. The minimum atomic E-state index is 0.358. The number of benzene rings is 2. The van der Waals surface area contributed by atoms with Crippen LogP contribution in [0.2, 0.25) is 0 Å². The van der Waals surface area contributed by atoms with E-state index in [9.17, 15) is 0 Å². The molecule has 2 aromatic heterocycles. The number of anilines is 1. The maximum Gasteiger partial charge on any atom is 0.232 e. The Labute approximate surface area is 193 Å². The largest absolute Gasteiger partial charge is 0.497 e. The number of furan rings is 1. The molecule has 1 aliphatic heterocycles. The number of fused-ring (bicyclic) bond motifs is 1.